The molecule has 14 N–H and O–H groups in total. The van der Waals surface area contributed by atoms with Crippen LogP contribution in [0.25, 0.3) is 11.1 Å². The summed E-state index contributed by atoms with van der Waals surface area (Å²) in [5.41, 5.74) is 21.2. The minimum Gasteiger partial charge on any atom is -0.394 e. The van der Waals surface area contributed by atoms with Gasteiger partial charge in [0.05, 0.1) is 12.7 Å². The number of aliphatic hydroxyl groups excluding tert-OH is 5. The van der Waals surface area contributed by atoms with Gasteiger partial charge in [0, 0.05) is 32.6 Å². The van der Waals surface area contributed by atoms with Gasteiger partial charge in [0.2, 0.25) is 5.91 Å². The molecule has 0 aliphatic heterocycles. The number of amides is 2. The Balaban J connectivity index is 1.31. The molecule has 0 fully saturated rings. The highest BCUT2D eigenvalue weighted by Crippen LogP contribution is 2.22. The van der Waals surface area contributed by atoms with Crippen LogP contribution < -0.4 is 33.2 Å². The number of nitrogens with two attached hydrogens (primary N) is 3. The maximum absolute atomic E-state index is 12.3. The van der Waals surface area contributed by atoms with Crippen molar-refractivity contribution in [1.82, 2.24) is 25.9 Å². The fourth-order valence-corrected chi connectivity index (χ4v) is 4.89. The van der Waals surface area contributed by atoms with E-state index in [9.17, 15) is 30.0 Å². The number of halogens is 1. The second kappa shape index (κ2) is 20.3. The van der Waals surface area contributed by atoms with Gasteiger partial charge in [-0.05, 0) is 47.9 Å². The maximum Gasteiger partial charge on any atom is 0.280 e. The Bertz CT molecular complexity index is 1560. The molecule has 0 radical (unpaired) electrons. The van der Waals surface area contributed by atoms with Gasteiger partial charge in [-0.3, -0.25) is 19.9 Å². The minimum absolute atomic E-state index is 0.0684. The molecule has 0 saturated carbocycles. The highest BCUT2D eigenvalue weighted by Gasteiger charge is 2.29. The molecule has 272 valence electrons. The van der Waals surface area contributed by atoms with Crippen molar-refractivity contribution in [3.8, 4) is 11.1 Å². The Hall–Kier alpha value is -4.42. The fraction of sp³-hybridized carbons (Fsp3) is 0.424. The number of aromatic nitrogens is 2. The van der Waals surface area contributed by atoms with E-state index in [0.29, 0.717) is 32.5 Å². The SMILES string of the molecule is NC(=NCCCCc1ccc(-c2ccc(CCC(=O)NCCNCC(O)C(O)C(O)C(O)CO)cc2)cc1)NC(=O)c1nc(Cl)c(N)nc1N. The van der Waals surface area contributed by atoms with E-state index in [1.165, 1.54) is 5.56 Å². The number of nitrogens with one attached hydrogen (secondary N) is 3. The highest BCUT2D eigenvalue weighted by molar-refractivity contribution is 6.31. The lowest BCUT2D eigenvalue weighted by molar-refractivity contribution is -0.121. The molecule has 0 aliphatic rings. The zero-order chi connectivity index (χ0) is 36.6. The molecular formula is C33H46ClN9O7. The van der Waals surface area contributed by atoms with Gasteiger partial charge in [0.15, 0.2) is 28.4 Å². The molecule has 0 aliphatic carbocycles. The van der Waals surface area contributed by atoms with Crippen LogP contribution in [0.15, 0.2) is 53.5 Å². The van der Waals surface area contributed by atoms with Crippen LogP contribution in [-0.4, -0.2) is 110 Å². The van der Waals surface area contributed by atoms with Crippen LogP contribution >= 0.6 is 11.6 Å². The number of aliphatic imine (C=N–C) groups is 1. The lowest BCUT2D eigenvalue weighted by Gasteiger charge is -2.25. The van der Waals surface area contributed by atoms with Gasteiger partial charge >= 0.3 is 0 Å². The van der Waals surface area contributed by atoms with Crippen molar-refractivity contribution < 1.29 is 35.1 Å². The van der Waals surface area contributed by atoms with Crippen LogP contribution in [0.5, 0.6) is 0 Å². The quantitative estimate of drug-likeness (QED) is 0.0408. The summed E-state index contributed by atoms with van der Waals surface area (Å²) in [6.45, 7) is 0.224. The molecule has 50 heavy (non-hydrogen) atoms. The number of guanidine groups is 1. The topological polar surface area (TPSA) is 288 Å². The van der Waals surface area contributed by atoms with Crippen molar-refractivity contribution in [3.05, 3.63) is 70.5 Å². The number of aliphatic hydroxyl groups is 5. The molecule has 4 atom stereocenters. The average Bonchev–Trinajstić information content (AvgIpc) is 3.11. The van der Waals surface area contributed by atoms with Crippen molar-refractivity contribution in [2.75, 3.05) is 44.3 Å². The summed E-state index contributed by atoms with van der Waals surface area (Å²) >= 11 is 5.81. The fourth-order valence-electron chi connectivity index (χ4n) is 4.76. The van der Waals surface area contributed by atoms with Gasteiger partial charge < -0.3 is 53.4 Å². The van der Waals surface area contributed by atoms with E-state index < -0.39 is 36.9 Å². The molecule has 16 nitrogen and oxygen atoms in total. The maximum atomic E-state index is 12.3. The lowest BCUT2D eigenvalue weighted by Crippen LogP contribution is -2.49. The van der Waals surface area contributed by atoms with Crippen LogP contribution in [0.4, 0.5) is 11.6 Å². The molecule has 3 rings (SSSR count). The monoisotopic (exact) mass is 715 g/mol. The summed E-state index contributed by atoms with van der Waals surface area (Å²) in [5, 5.41) is 55.4. The van der Waals surface area contributed by atoms with Gasteiger partial charge in [0.1, 0.15) is 18.3 Å². The Kier molecular flexibility index (Phi) is 16.2. The van der Waals surface area contributed by atoms with Crippen LogP contribution in [0.3, 0.4) is 0 Å². The highest BCUT2D eigenvalue weighted by atomic mass is 35.5. The van der Waals surface area contributed by atoms with E-state index in [2.05, 4.69) is 55.2 Å². The number of unbranched alkanes of at least 4 members (excludes halogenated alkanes) is 1. The smallest absolute Gasteiger partial charge is 0.280 e. The zero-order valence-corrected chi connectivity index (χ0v) is 28.3. The Morgan fingerprint density at radius 3 is 2.04 bits per heavy atom. The molecule has 2 amide bonds. The standard InChI is InChI=1S/C33H46ClN9O7/c34-29-31(36)42-30(35)26(41-29)32(50)43-33(37)40-14-2-1-3-19-4-9-21(10-5-19)22-11-6-20(7-12-22)8-13-25(47)39-16-15-38-17-23(45)27(48)28(49)24(46)18-44/h4-7,9-12,23-24,27-28,38,44-46,48-49H,1-3,8,13-18H2,(H,39,47)(H4,35,36,42)(H3,37,40,43,50). The van der Waals surface area contributed by atoms with Crippen LogP contribution in [0, 0.1) is 0 Å². The Morgan fingerprint density at radius 2 is 1.42 bits per heavy atom. The number of anilines is 2. The molecule has 0 spiro atoms. The van der Waals surface area contributed by atoms with E-state index in [1.807, 2.05) is 24.3 Å². The van der Waals surface area contributed by atoms with Crippen molar-refractivity contribution in [2.45, 2.75) is 56.5 Å². The summed E-state index contributed by atoms with van der Waals surface area (Å²) in [6.07, 6.45) is -2.90. The predicted octanol–water partition coefficient (Wildman–Crippen LogP) is -0.897. The third kappa shape index (κ3) is 12.8. The molecule has 0 bridgehead atoms. The van der Waals surface area contributed by atoms with Crippen LogP contribution in [0.2, 0.25) is 5.15 Å². The van der Waals surface area contributed by atoms with Crippen LogP contribution in [0.1, 0.15) is 40.9 Å². The Labute approximate surface area is 294 Å². The molecule has 4 unspecified atom stereocenters. The molecular weight excluding hydrogens is 670 g/mol. The minimum atomic E-state index is -1.68. The number of benzene rings is 2. The summed E-state index contributed by atoms with van der Waals surface area (Å²) < 4.78 is 0. The molecule has 1 heterocycles. The number of nitrogens with zero attached hydrogens (tertiary/aromatic N) is 3. The van der Waals surface area contributed by atoms with Gasteiger partial charge in [-0.15, -0.1) is 0 Å². The molecule has 0 saturated heterocycles. The molecule has 1 aromatic heterocycles. The Morgan fingerprint density at radius 1 is 0.820 bits per heavy atom. The van der Waals surface area contributed by atoms with E-state index in [-0.39, 0.29) is 40.9 Å². The first kappa shape index (κ1) is 40.0. The first-order valence-corrected chi connectivity index (χ1v) is 16.5. The van der Waals surface area contributed by atoms with Crippen molar-refractivity contribution in [1.29, 1.82) is 0 Å². The van der Waals surface area contributed by atoms with E-state index in [4.69, 9.17) is 33.9 Å². The van der Waals surface area contributed by atoms with Gasteiger partial charge in [-0.2, -0.15) is 0 Å². The lowest BCUT2D eigenvalue weighted by atomic mass is 9.99. The third-order valence-electron chi connectivity index (χ3n) is 7.70. The average molecular weight is 716 g/mol. The number of carbonyl (C=O) groups excluding carboxylic acids is 2. The first-order chi connectivity index (χ1) is 23.9. The normalized spacial score (nSPS) is 14.1. The van der Waals surface area contributed by atoms with Crippen LogP contribution in [-0.2, 0) is 17.6 Å². The number of carbonyl (C=O) groups is 2. The summed E-state index contributed by atoms with van der Waals surface area (Å²) in [7, 11) is 0. The van der Waals surface area contributed by atoms with Crippen molar-refractivity contribution in [2.24, 2.45) is 10.7 Å². The number of aryl methyl sites for hydroxylation is 2. The number of nitrogen functional groups attached to an aromatic ring is 2. The molecule has 3 aromatic rings. The number of hydrogen-bond acceptors (Lipinski definition) is 13. The second-order valence-corrected chi connectivity index (χ2v) is 11.9. The van der Waals surface area contributed by atoms with E-state index >= 15 is 0 Å². The van der Waals surface area contributed by atoms with Crippen molar-refractivity contribution >= 4 is 41.0 Å². The number of rotatable bonds is 19. The van der Waals surface area contributed by atoms with Gasteiger partial charge in [-0.1, -0.05) is 60.1 Å². The predicted molar refractivity (Wildman–Crippen MR) is 190 cm³/mol. The zero-order valence-electron chi connectivity index (χ0n) is 27.5. The summed E-state index contributed by atoms with van der Waals surface area (Å²) in [4.78, 5) is 36.3. The van der Waals surface area contributed by atoms with E-state index in [1.54, 1.807) is 0 Å². The molecule has 17 heteroatoms. The molecule has 2 aromatic carbocycles. The summed E-state index contributed by atoms with van der Waals surface area (Å²) in [6, 6.07) is 16.3. The largest absolute Gasteiger partial charge is 0.394 e. The van der Waals surface area contributed by atoms with Gasteiger partial charge in [0.25, 0.3) is 5.91 Å². The summed E-state index contributed by atoms with van der Waals surface area (Å²) in [5.74, 6) is -1.13. The first-order valence-electron chi connectivity index (χ1n) is 16.1. The van der Waals surface area contributed by atoms with Crippen molar-refractivity contribution in [3.63, 3.8) is 0 Å². The number of hydrogen-bond donors (Lipinski definition) is 11. The third-order valence-corrected chi connectivity index (χ3v) is 7.98. The van der Waals surface area contributed by atoms with E-state index in [0.717, 1.165) is 36.0 Å². The second-order valence-electron chi connectivity index (χ2n) is 11.6. The van der Waals surface area contributed by atoms with Gasteiger partial charge in [-0.25, -0.2) is 9.97 Å².